The Morgan fingerprint density at radius 3 is 0.833 bits per heavy atom. The smallest absolute Gasteiger partial charge is 0.220 e. The molecule has 0 aromatic carbocycles. The fourth-order valence-corrected chi connectivity index (χ4v) is 9.77. The second-order valence-electron chi connectivity index (χ2n) is 21.1. The van der Waals surface area contributed by atoms with Crippen LogP contribution in [-0.4, -0.2) is 34.9 Å². The summed E-state index contributed by atoms with van der Waals surface area (Å²) in [6, 6.07) is -0.621. The maximum Gasteiger partial charge on any atom is 0.220 e. The van der Waals surface area contributed by atoms with Crippen LogP contribution in [0.5, 0.6) is 0 Å². The van der Waals surface area contributed by atoms with E-state index in [9.17, 15) is 15.0 Å². The maximum atomic E-state index is 12.5. The highest BCUT2D eigenvalue weighted by Crippen LogP contribution is 2.18. The number of carbonyl (C=O) groups excluding carboxylic acids is 1. The zero-order valence-corrected chi connectivity index (χ0v) is 45.2. The lowest BCUT2D eigenvalue weighted by Gasteiger charge is -2.20. The molecule has 0 bridgehead atoms. The Kier molecular flexibility index (Phi) is 57.2. The predicted molar refractivity (Wildman–Crippen MR) is 295 cm³/mol. The molecule has 0 aromatic rings. The summed E-state index contributed by atoms with van der Waals surface area (Å²) in [6.45, 7) is 4.35. The van der Waals surface area contributed by atoms with Gasteiger partial charge in [-0.05, 0) is 44.9 Å². The number of hydrogen-bond acceptors (Lipinski definition) is 3. The first kappa shape index (κ1) is 64.9. The second-order valence-corrected chi connectivity index (χ2v) is 21.1. The molecule has 0 saturated carbocycles. The number of nitrogens with one attached hydrogen (secondary N) is 1. The Morgan fingerprint density at radius 2 is 0.576 bits per heavy atom. The van der Waals surface area contributed by atoms with E-state index in [0.717, 1.165) is 25.7 Å². The van der Waals surface area contributed by atoms with Gasteiger partial charge in [-0.3, -0.25) is 4.79 Å². The van der Waals surface area contributed by atoms with Gasteiger partial charge in [0.1, 0.15) is 0 Å². The van der Waals surface area contributed by atoms with E-state index in [-0.39, 0.29) is 12.5 Å². The molecule has 0 radical (unpaired) electrons. The third-order valence-corrected chi connectivity index (χ3v) is 14.4. The lowest BCUT2D eigenvalue weighted by atomic mass is 10.0. The van der Waals surface area contributed by atoms with Crippen molar-refractivity contribution in [2.24, 2.45) is 0 Å². The first-order valence-corrected chi connectivity index (χ1v) is 30.6. The molecule has 0 spiro atoms. The summed E-state index contributed by atoms with van der Waals surface area (Å²) >= 11 is 0. The number of amides is 1. The topological polar surface area (TPSA) is 69.6 Å². The molecule has 0 rings (SSSR count). The van der Waals surface area contributed by atoms with E-state index in [4.69, 9.17) is 0 Å². The van der Waals surface area contributed by atoms with Gasteiger partial charge in [-0.1, -0.05) is 321 Å². The summed E-state index contributed by atoms with van der Waals surface area (Å²) in [5, 5.41) is 23.2. The number of unbranched alkanes of at least 4 members (excludes halogenated alkanes) is 48. The Hall–Kier alpha value is -1.13. The van der Waals surface area contributed by atoms with Crippen molar-refractivity contribution in [2.75, 3.05) is 6.61 Å². The highest BCUT2D eigenvalue weighted by molar-refractivity contribution is 5.76. The van der Waals surface area contributed by atoms with Gasteiger partial charge in [0.2, 0.25) is 5.91 Å². The molecule has 0 heterocycles. The van der Waals surface area contributed by atoms with Gasteiger partial charge < -0.3 is 15.5 Å². The number of allylic oxidation sites excluding steroid dienone is 3. The quantitative estimate of drug-likeness (QED) is 0.0420. The van der Waals surface area contributed by atoms with Crippen molar-refractivity contribution in [1.82, 2.24) is 5.32 Å². The predicted octanol–water partition coefficient (Wildman–Crippen LogP) is 20.3. The molecule has 2 unspecified atom stereocenters. The summed E-state index contributed by atoms with van der Waals surface area (Å²) < 4.78 is 0. The van der Waals surface area contributed by atoms with Gasteiger partial charge in [-0.25, -0.2) is 0 Å². The highest BCUT2D eigenvalue weighted by Gasteiger charge is 2.18. The van der Waals surface area contributed by atoms with E-state index in [1.165, 1.54) is 302 Å². The molecule has 0 aliphatic heterocycles. The third kappa shape index (κ3) is 53.8. The summed E-state index contributed by atoms with van der Waals surface area (Å²) in [5.74, 6) is -0.0578. The van der Waals surface area contributed by atoms with Gasteiger partial charge in [0, 0.05) is 6.42 Å². The number of hydrogen-bond donors (Lipinski definition) is 3. The zero-order chi connectivity index (χ0) is 47.7. The van der Waals surface area contributed by atoms with Crippen molar-refractivity contribution in [1.29, 1.82) is 0 Å². The molecule has 2 atom stereocenters. The summed E-state index contributed by atoms with van der Waals surface area (Å²) in [7, 11) is 0. The van der Waals surface area contributed by atoms with E-state index in [2.05, 4.69) is 31.3 Å². The van der Waals surface area contributed by atoms with Crippen molar-refractivity contribution in [3.05, 3.63) is 24.3 Å². The normalized spacial score (nSPS) is 12.8. The Balaban J connectivity index is 3.44. The zero-order valence-electron chi connectivity index (χ0n) is 45.2. The molecule has 4 heteroatoms. The molecule has 4 nitrogen and oxygen atoms in total. The van der Waals surface area contributed by atoms with Crippen LogP contribution < -0.4 is 5.32 Å². The number of aliphatic hydroxyl groups excluding tert-OH is 2. The summed E-state index contributed by atoms with van der Waals surface area (Å²) in [4.78, 5) is 12.5. The van der Waals surface area contributed by atoms with Gasteiger partial charge in [0.05, 0.1) is 18.8 Å². The Bertz CT molecular complexity index is 963. The Morgan fingerprint density at radius 1 is 0.348 bits per heavy atom. The molecule has 1 amide bonds. The second kappa shape index (κ2) is 58.2. The number of carbonyl (C=O) groups is 1. The molecular formula is C62H121NO3. The van der Waals surface area contributed by atoms with Crippen LogP contribution >= 0.6 is 0 Å². The molecule has 0 aliphatic carbocycles. The van der Waals surface area contributed by atoms with E-state index >= 15 is 0 Å². The monoisotopic (exact) mass is 928 g/mol. The minimum Gasteiger partial charge on any atom is -0.394 e. The maximum absolute atomic E-state index is 12.5. The van der Waals surface area contributed by atoms with Gasteiger partial charge in [0.15, 0.2) is 0 Å². The standard InChI is InChI=1S/C62H121NO3/c1-3-5-7-9-11-13-15-17-19-21-23-25-27-29-30-31-32-34-35-37-39-41-43-45-47-49-51-53-55-57-61(65)60(59-64)63-62(66)58-56-54-52-50-48-46-44-42-40-38-36-33-28-26-24-22-20-18-16-14-12-10-8-6-4-2/h22,24,55,57,60-61,64-65H,3-21,23,25-54,56,58-59H2,1-2H3,(H,63,66)/b24-22-,57-55+. The van der Waals surface area contributed by atoms with Crippen molar-refractivity contribution in [2.45, 2.75) is 360 Å². The largest absolute Gasteiger partial charge is 0.394 e. The minimum atomic E-state index is -0.839. The SMILES string of the molecule is CCCCCCCCCC/C=C\CCCCCCCCCCCCCCCC(=O)NC(CO)C(O)/C=C/CCCCCCCCCCCCCCCCCCCCCCCCCCCCC. The van der Waals surface area contributed by atoms with Gasteiger partial charge in [-0.2, -0.15) is 0 Å². The third-order valence-electron chi connectivity index (χ3n) is 14.4. The molecule has 0 fully saturated rings. The Labute approximate surface area is 415 Å². The average molecular weight is 929 g/mol. The lowest BCUT2D eigenvalue weighted by Crippen LogP contribution is -2.45. The van der Waals surface area contributed by atoms with Crippen molar-refractivity contribution >= 4 is 5.91 Å². The van der Waals surface area contributed by atoms with Crippen molar-refractivity contribution in [3.8, 4) is 0 Å². The average Bonchev–Trinajstić information content (AvgIpc) is 3.32. The van der Waals surface area contributed by atoms with E-state index in [0.29, 0.717) is 6.42 Å². The number of rotatable bonds is 57. The van der Waals surface area contributed by atoms with Crippen LogP contribution in [0.15, 0.2) is 24.3 Å². The van der Waals surface area contributed by atoms with Crippen LogP contribution in [0.4, 0.5) is 0 Å². The molecule has 392 valence electrons. The van der Waals surface area contributed by atoms with Crippen LogP contribution in [0.25, 0.3) is 0 Å². The summed E-state index contributed by atoms with van der Waals surface area (Å²) in [5.41, 5.74) is 0. The first-order valence-electron chi connectivity index (χ1n) is 30.6. The van der Waals surface area contributed by atoms with Gasteiger partial charge in [0.25, 0.3) is 0 Å². The molecule has 0 saturated heterocycles. The summed E-state index contributed by atoms with van der Waals surface area (Å²) in [6.07, 6.45) is 77.9. The first-order chi connectivity index (χ1) is 32.7. The van der Waals surface area contributed by atoms with Crippen LogP contribution in [0, 0.1) is 0 Å². The fraction of sp³-hybridized carbons (Fsp3) is 0.919. The van der Waals surface area contributed by atoms with Crippen LogP contribution in [-0.2, 0) is 4.79 Å². The minimum absolute atomic E-state index is 0.0578. The van der Waals surface area contributed by atoms with Gasteiger partial charge in [-0.15, -0.1) is 0 Å². The molecule has 0 aromatic heterocycles. The van der Waals surface area contributed by atoms with Crippen LogP contribution in [0.3, 0.4) is 0 Å². The number of aliphatic hydroxyl groups is 2. The van der Waals surface area contributed by atoms with Gasteiger partial charge >= 0.3 is 0 Å². The van der Waals surface area contributed by atoms with Crippen LogP contribution in [0.1, 0.15) is 348 Å². The molecule has 0 aliphatic rings. The van der Waals surface area contributed by atoms with Crippen LogP contribution in [0.2, 0.25) is 0 Å². The van der Waals surface area contributed by atoms with Crippen molar-refractivity contribution in [3.63, 3.8) is 0 Å². The van der Waals surface area contributed by atoms with E-state index in [1.54, 1.807) is 6.08 Å². The molecule has 3 N–H and O–H groups in total. The van der Waals surface area contributed by atoms with Crippen molar-refractivity contribution < 1.29 is 15.0 Å². The molecule has 66 heavy (non-hydrogen) atoms. The highest BCUT2D eigenvalue weighted by atomic mass is 16.3. The molecular weight excluding hydrogens is 807 g/mol. The lowest BCUT2D eigenvalue weighted by molar-refractivity contribution is -0.123. The van der Waals surface area contributed by atoms with E-state index in [1.807, 2.05) is 6.08 Å². The fourth-order valence-electron chi connectivity index (χ4n) is 9.77. The van der Waals surface area contributed by atoms with E-state index < -0.39 is 12.1 Å².